The van der Waals surface area contributed by atoms with Crippen LogP contribution < -0.4 is 10.9 Å². The molecule has 1 amide bonds. The summed E-state index contributed by atoms with van der Waals surface area (Å²) < 4.78 is 1.52. The first-order chi connectivity index (χ1) is 17.5. The van der Waals surface area contributed by atoms with Gasteiger partial charge in [-0.15, -0.1) is 0 Å². The maximum absolute atomic E-state index is 13.4. The SMILES string of the molecule is Cc1ccc(-n2c(SCC(=O)Nc3ccccc3-c3ccccc3)nc3ccccc3c2=O)cc1Cl. The van der Waals surface area contributed by atoms with E-state index in [9.17, 15) is 9.59 Å². The fourth-order valence-corrected chi connectivity index (χ4v) is 4.92. The van der Waals surface area contributed by atoms with Crippen molar-refractivity contribution < 1.29 is 4.79 Å². The van der Waals surface area contributed by atoms with Gasteiger partial charge in [0, 0.05) is 16.3 Å². The minimum atomic E-state index is -0.210. The predicted molar refractivity (Wildman–Crippen MR) is 148 cm³/mol. The van der Waals surface area contributed by atoms with Gasteiger partial charge in [0.2, 0.25) is 5.91 Å². The van der Waals surface area contributed by atoms with E-state index in [-0.39, 0.29) is 17.2 Å². The lowest BCUT2D eigenvalue weighted by atomic mass is 10.0. The standard InChI is InChI=1S/C29H22ClN3O2S/c1-19-15-16-21(17-24(19)30)33-28(35)23-12-6-8-14-26(23)32-29(33)36-18-27(34)31-25-13-7-5-11-22(25)20-9-3-2-4-10-20/h2-17H,18H2,1H3,(H,31,34). The van der Waals surface area contributed by atoms with Gasteiger partial charge in [0.15, 0.2) is 5.16 Å². The number of carbonyl (C=O) groups excluding carboxylic acids is 1. The zero-order valence-corrected chi connectivity index (χ0v) is 21.0. The van der Waals surface area contributed by atoms with Crippen molar-refractivity contribution in [3.8, 4) is 16.8 Å². The number of hydrogen-bond donors (Lipinski definition) is 1. The van der Waals surface area contributed by atoms with Crippen LogP contribution in [-0.2, 0) is 4.79 Å². The second kappa shape index (κ2) is 10.4. The van der Waals surface area contributed by atoms with Crippen molar-refractivity contribution in [3.63, 3.8) is 0 Å². The van der Waals surface area contributed by atoms with Crippen LogP contribution in [0.5, 0.6) is 0 Å². The molecular formula is C29H22ClN3O2S. The van der Waals surface area contributed by atoms with Gasteiger partial charge in [-0.1, -0.05) is 90.1 Å². The molecule has 5 aromatic rings. The lowest BCUT2D eigenvalue weighted by Crippen LogP contribution is -2.23. The van der Waals surface area contributed by atoms with Crippen molar-refractivity contribution in [2.24, 2.45) is 0 Å². The molecule has 4 aromatic carbocycles. The number of fused-ring (bicyclic) bond motifs is 1. The van der Waals surface area contributed by atoms with Crippen molar-refractivity contribution in [3.05, 3.63) is 118 Å². The largest absolute Gasteiger partial charge is 0.325 e. The van der Waals surface area contributed by atoms with E-state index in [2.05, 4.69) is 5.32 Å². The number of carbonyl (C=O) groups is 1. The van der Waals surface area contributed by atoms with Crippen molar-refractivity contribution in [2.75, 3.05) is 11.1 Å². The summed E-state index contributed by atoms with van der Waals surface area (Å²) in [5, 5.41) is 4.49. The van der Waals surface area contributed by atoms with Crippen LogP contribution in [0.2, 0.25) is 5.02 Å². The molecule has 36 heavy (non-hydrogen) atoms. The predicted octanol–water partition coefficient (Wildman–Crippen LogP) is 6.75. The topological polar surface area (TPSA) is 64.0 Å². The first kappa shape index (κ1) is 23.9. The lowest BCUT2D eigenvalue weighted by molar-refractivity contribution is -0.113. The van der Waals surface area contributed by atoms with Crippen LogP contribution in [0.1, 0.15) is 5.56 Å². The highest BCUT2D eigenvalue weighted by atomic mass is 35.5. The summed E-state index contributed by atoms with van der Waals surface area (Å²) >= 11 is 7.57. The van der Waals surface area contributed by atoms with Crippen molar-refractivity contribution in [1.29, 1.82) is 0 Å². The van der Waals surface area contributed by atoms with Crippen LogP contribution in [-0.4, -0.2) is 21.2 Å². The van der Waals surface area contributed by atoms with Crippen LogP contribution >= 0.6 is 23.4 Å². The molecule has 0 aliphatic carbocycles. The Morgan fingerprint density at radius 3 is 2.47 bits per heavy atom. The van der Waals surface area contributed by atoms with Gasteiger partial charge in [-0.25, -0.2) is 4.98 Å². The van der Waals surface area contributed by atoms with E-state index in [1.165, 1.54) is 16.3 Å². The third-order valence-electron chi connectivity index (χ3n) is 5.78. The van der Waals surface area contributed by atoms with Crippen LogP contribution in [0.25, 0.3) is 27.7 Å². The van der Waals surface area contributed by atoms with E-state index in [0.29, 0.717) is 26.8 Å². The third kappa shape index (κ3) is 4.91. The van der Waals surface area contributed by atoms with E-state index in [1.807, 2.05) is 85.8 Å². The minimum absolute atomic E-state index is 0.0769. The number of hydrogen-bond acceptors (Lipinski definition) is 4. The van der Waals surface area contributed by atoms with Gasteiger partial charge in [0.1, 0.15) is 0 Å². The molecule has 7 heteroatoms. The molecule has 5 nitrogen and oxygen atoms in total. The van der Waals surface area contributed by atoms with Gasteiger partial charge in [0.05, 0.1) is 22.3 Å². The van der Waals surface area contributed by atoms with Gasteiger partial charge < -0.3 is 5.32 Å². The second-order valence-corrected chi connectivity index (χ2v) is 9.58. The first-order valence-electron chi connectivity index (χ1n) is 11.4. The van der Waals surface area contributed by atoms with Crippen molar-refractivity contribution in [1.82, 2.24) is 9.55 Å². The van der Waals surface area contributed by atoms with Gasteiger partial charge in [-0.05, 0) is 48.4 Å². The molecule has 0 aliphatic rings. The highest BCUT2D eigenvalue weighted by Crippen LogP contribution is 2.29. The molecule has 0 fully saturated rings. The number of para-hydroxylation sites is 2. The van der Waals surface area contributed by atoms with Crippen LogP contribution in [0.15, 0.2) is 107 Å². The summed E-state index contributed by atoms with van der Waals surface area (Å²) in [6.07, 6.45) is 0. The van der Waals surface area contributed by atoms with E-state index >= 15 is 0 Å². The quantitative estimate of drug-likeness (QED) is 0.202. The molecule has 1 heterocycles. The molecule has 178 valence electrons. The highest BCUT2D eigenvalue weighted by Gasteiger charge is 2.16. The number of aromatic nitrogens is 2. The molecule has 0 bridgehead atoms. The molecule has 0 radical (unpaired) electrons. The molecule has 0 saturated carbocycles. The maximum Gasteiger partial charge on any atom is 0.266 e. The Balaban J connectivity index is 1.46. The fourth-order valence-electron chi connectivity index (χ4n) is 3.94. The number of amides is 1. The summed E-state index contributed by atoms with van der Waals surface area (Å²) in [7, 11) is 0. The molecule has 1 N–H and O–H groups in total. The van der Waals surface area contributed by atoms with E-state index in [1.54, 1.807) is 18.2 Å². The molecule has 0 atom stereocenters. The number of nitrogens with zero attached hydrogens (tertiary/aromatic N) is 2. The van der Waals surface area contributed by atoms with Crippen LogP contribution in [0, 0.1) is 6.92 Å². The highest BCUT2D eigenvalue weighted by molar-refractivity contribution is 7.99. The molecular weight excluding hydrogens is 490 g/mol. The lowest BCUT2D eigenvalue weighted by Gasteiger charge is -2.15. The summed E-state index contributed by atoms with van der Waals surface area (Å²) in [6.45, 7) is 1.90. The Hall–Kier alpha value is -3.87. The number of benzene rings is 4. The molecule has 5 rings (SSSR count). The average molecular weight is 512 g/mol. The zero-order valence-electron chi connectivity index (χ0n) is 19.4. The normalized spacial score (nSPS) is 10.9. The Morgan fingerprint density at radius 1 is 0.944 bits per heavy atom. The smallest absolute Gasteiger partial charge is 0.266 e. The van der Waals surface area contributed by atoms with Crippen molar-refractivity contribution in [2.45, 2.75) is 12.1 Å². The van der Waals surface area contributed by atoms with Gasteiger partial charge in [0.25, 0.3) is 5.56 Å². The first-order valence-corrected chi connectivity index (χ1v) is 12.7. The number of aryl methyl sites for hydroxylation is 1. The minimum Gasteiger partial charge on any atom is -0.325 e. The Kier molecular flexibility index (Phi) is 6.89. The van der Waals surface area contributed by atoms with Crippen LogP contribution in [0.3, 0.4) is 0 Å². The summed E-state index contributed by atoms with van der Waals surface area (Å²) in [5.41, 5.74) is 4.56. The molecule has 0 unspecified atom stereocenters. The zero-order chi connectivity index (χ0) is 25.1. The van der Waals surface area contributed by atoms with E-state index in [0.717, 1.165) is 22.4 Å². The number of nitrogens with one attached hydrogen (secondary N) is 1. The summed E-state index contributed by atoms with van der Waals surface area (Å²) in [5.74, 6) is -0.118. The Morgan fingerprint density at radius 2 is 1.67 bits per heavy atom. The number of rotatable bonds is 6. The summed E-state index contributed by atoms with van der Waals surface area (Å²) in [6, 6.07) is 30.2. The fraction of sp³-hybridized carbons (Fsp3) is 0.0690. The third-order valence-corrected chi connectivity index (χ3v) is 7.12. The van der Waals surface area contributed by atoms with Gasteiger partial charge >= 0.3 is 0 Å². The summed E-state index contributed by atoms with van der Waals surface area (Å²) in [4.78, 5) is 31.2. The molecule has 1 aromatic heterocycles. The van der Waals surface area contributed by atoms with Crippen LogP contribution in [0.4, 0.5) is 5.69 Å². The second-order valence-electron chi connectivity index (χ2n) is 8.23. The Bertz CT molecular complexity index is 1630. The monoisotopic (exact) mass is 511 g/mol. The van der Waals surface area contributed by atoms with Gasteiger partial charge in [-0.2, -0.15) is 0 Å². The number of halogens is 1. The average Bonchev–Trinajstić information content (AvgIpc) is 2.90. The van der Waals surface area contributed by atoms with Crippen molar-refractivity contribution >= 4 is 45.9 Å². The number of thioether (sulfide) groups is 1. The van der Waals surface area contributed by atoms with E-state index < -0.39 is 0 Å². The number of anilines is 1. The van der Waals surface area contributed by atoms with Gasteiger partial charge in [-0.3, -0.25) is 14.2 Å². The maximum atomic E-state index is 13.4. The molecule has 0 saturated heterocycles. The van der Waals surface area contributed by atoms with E-state index in [4.69, 9.17) is 16.6 Å². The molecule has 0 spiro atoms. The molecule has 0 aliphatic heterocycles. The Labute approximate surface area is 217 Å².